The van der Waals surface area contributed by atoms with E-state index in [1.54, 1.807) is 4.90 Å². The van der Waals surface area contributed by atoms with E-state index < -0.39 is 5.60 Å². The van der Waals surface area contributed by atoms with E-state index in [2.05, 4.69) is 0 Å². The molecule has 17 heavy (non-hydrogen) atoms. The summed E-state index contributed by atoms with van der Waals surface area (Å²) in [4.78, 5) is 23.7. The van der Waals surface area contributed by atoms with Gasteiger partial charge in [-0.3, -0.25) is 0 Å². The number of aldehydes is 1. The minimum atomic E-state index is -0.478. The highest BCUT2D eigenvalue weighted by atomic mass is 16.6. The molecule has 0 bridgehead atoms. The molecule has 0 aromatic heterocycles. The van der Waals surface area contributed by atoms with Crippen molar-refractivity contribution in [2.75, 3.05) is 19.7 Å². The first-order valence-corrected chi connectivity index (χ1v) is 5.95. The topological polar surface area (TPSA) is 55.8 Å². The van der Waals surface area contributed by atoms with Gasteiger partial charge in [-0.05, 0) is 27.2 Å². The SMILES string of the molecule is CC(C)(C)OC(=O)N1CCOC(CCC=O)C1. The van der Waals surface area contributed by atoms with Crippen molar-refractivity contribution < 1.29 is 19.1 Å². The maximum absolute atomic E-state index is 11.8. The van der Waals surface area contributed by atoms with Crippen LogP contribution in [0.1, 0.15) is 33.6 Å². The lowest BCUT2D eigenvalue weighted by Crippen LogP contribution is -2.47. The minimum absolute atomic E-state index is 0.0542. The van der Waals surface area contributed by atoms with Crippen molar-refractivity contribution in [1.29, 1.82) is 0 Å². The lowest BCUT2D eigenvalue weighted by molar-refractivity contribution is -0.109. The number of nitrogens with zero attached hydrogens (tertiary/aromatic N) is 1. The average Bonchev–Trinajstić information content (AvgIpc) is 2.24. The molecular formula is C12H21NO4. The molecule has 1 aliphatic heterocycles. The van der Waals surface area contributed by atoms with Crippen LogP contribution in [0.15, 0.2) is 0 Å². The van der Waals surface area contributed by atoms with E-state index in [0.29, 0.717) is 32.5 Å². The summed E-state index contributed by atoms with van der Waals surface area (Å²) in [7, 11) is 0. The third-order valence-corrected chi connectivity index (χ3v) is 2.40. The van der Waals surface area contributed by atoms with Crippen molar-refractivity contribution in [3.63, 3.8) is 0 Å². The largest absolute Gasteiger partial charge is 0.444 e. The van der Waals surface area contributed by atoms with E-state index in [1.807, 2.05) is 20.8 Å². The van der Waals surface area contributed by atoms with Crippen LogP contribution in [0.25, 0.3) is 0 Å². The normalized spacial score (nSPS) is 21.1. The molecule has 0 aromatic carbocycles. The van der Waals surface area contributed by atoms with Gasteiger partial charge in [-0.15, -0.1) is 0 Å². The zero-order chi connectivity index (χ0) is 12.9. The minimum Gasteiger partial charge on any atom is -0.444 e. The van der Waals surface area contributed by atoms with Crippen LogP contribution in [0.2, 0.25) is 0 Å². The van der Waals surface area contributed by atoms with Crippen molar-refractivity contribution >= 4 is 12.4 Å². The molecule has 1 unspecified atom stereocenters. The lowest BCUT2D eigenvalue weighted by Gasteiger charge is -2.34. The van der Waals surface area contributed by atoms with Crippen LogP contribution < -0.4 is 0 Å². The van der Waals surface area contributed by atoms with E-state index in [4.69, 9.17) is 9.47 Å². The zero-order valence-corrected chi connectivity index (χ0v) is 10.8. The van der Waals surface area contributed by atoms with Crippen LogP contribution in [0.4, 0.5) is 4.79 Å². The summed E-state index contributed by atoms with van der Waals surface area (Å²) in [5.41, 5.74) is -0.478. The molecule has 0 aliphatic carbocycles. The molecule has 0 N–H and O–H groups in total. The number of hydrogen-bond donors (Lipinski definition) is 0. The third kappa shape index (κ3) is 5.17. The summed E-state index contributed by atoms with van der Waals surface area (Å²) < 4.78 is 10.8. The number of morpholine rings is 1. The predicted octanol–water partition coefficient (Wildman–Crippen LogP) is 1.60. The third-order valence-electron chi connectivity index (χ3n) is 2.40. The number of hydrogen-bond acceptors (Lipinski definition) is 4. The molecule has 0 aromatic rings. The van der Waals surface area contributed by atoms with E-state index in [1.165, 1.54) is 0 Å². The fourth-order valence-electron chi connectivity index (χ4n) is 1.64. The number of carbonyl (C=O) groups is 2. The Morgan fingerprint density at radius 3 is 2.82 bits per heavy atom. The molecule has 0 saturated carbocycles. The molecule has 0 spiro atoms. The number of amides is 1. The Bertz CT molecular complexity index is 272. The van der Waals surface area contributed by atoms with Crippen LogP contribution in [0.5, 0.6) is 0 Å². The first-order chi connectivity index (χ1) is 7.92. The van der Waals surface area contributed by atoms with Gasteiger partial charge < -0.3 is 19.2 Å². The second kappa shape index (κ2) is 6.00. The van der Waals surface area contributed by atoms with Crippen molar-refractivity contribution in [2.45, 2.75) is 45.3 Å². The smallest absolute Gasteiger partial charge is 0.410 e. The molecule has 1 atom stereocenters. The van der Waals surface area contributed by atoms with Gasteiger partial charge in [0.05, 0.1) is 19.3 Å². The Labute approximate surface area is 102 Å². The van der Waals surface area contributed by atoms with E-state index >= 15 is 0 Å². The van der Waals surface area contributed by atoms with Gasteiger partial charge in [0, 0.05) is 13.0 Å². The van der Waals surface area contributed by atoms with Gasteiger partial charge in [0.2, 0.25) is 0 Å². The monoisotopic (exact) mass is 243 g/mol. The lowest BCUT2D eigenvalue weighted by atomic mass is 10.1. The fraction of sp³-hybridized carbons (Fsp3) is 0.833. The van der Waals surface area contributed by atoms with Gasteiger partial charge in [-0.25, -0.2) is 4.79 Å². The Kier molecular flexibility index (Phi) is 4.93. The van der Waals surface area contributed by atoms with Crippen molar-refractivity contribution in [2.24, 2.45) is 0 Å². The average molecular weight is 243 g/mol. The van der Waals surface area contributed by atoms with Gasteiger partial charge in [0.15, 0.2) is 0 Å². The van der Waals surface area contributed by atoms with Gasteiger partial charge in [-0.1, -0.05) is 0 Å². The molecule has 0 radical (unpaired) electrons. The highest BCUT2D eigenvalue weighted by Gasteiger charge is 2.27. The molecule has 1 amide bonds. The Balaban J connectivity index is 2.43. The van der Waals surface area contributed by atoms with E-state index in [-0.39, 0.29) is 12.2 Å². The predicted molar refractivity (Wildman–Crippen MR) is 62.8 cm³/mol. The van der Waals surface area contributed by atoms with Crippen LogP contribution in [-0.4, -0.2) is 48.7 Å². The summed E-state index contributed by atoms with van der Waals surface area (Å²) in [5.74, 6) is 0. The second-order valence-corrected chi connectivity index (χ2v) is 5.16. The Morgan fingerprint density at radius 1 is 1.53 bits per heavy atom. The van der Waals surface area contributed by atoms with E-state index in [0.717, 1.165) is 6.29 Å². The molecule has 1 aliphatic rings. The van der Waals surface area contributed by atoms with Crippen LogP contribution in [0, 0.1) is 0 Å². The maximum atomic E-state index is 11.8. The maximum Gasteiger partial charge on any atom is 0.410 e. The van der Waals surface area contributed by atoms with Gasteiger partial charge in [0.25, 0.3) is 0 Å². The Morgan fingerprint density at radius 2 is 2.24 bits per heavy atom. The van der Waals surface area contributed by atoms with Crippen LogP contribution >= 0.6 is 0 Å². The summed E-state index contributed by atoms with van der Waals surface area (Å²) >= 11 is 0. The number of ether oxygens (including phenoxy) is 2. The summed E-state index contributed by atoms with van der Waals surface area (Å²) in [6.07, 6.45) is 1.63. The van der Waals surface area contributed by atoms with Crippen LogP contribution in [-0.2, 0) is 14.3 Å². The molecule has 1 rings (SSSR count). The summed E-state index contributed by atoms with van der Waals surface area (Å²) in [5, 5.41) is 0. The van der Waals surface area contributed by atoms with Crippen molar-refractivity contribution in [3.05, 3.63) is 0 Å². The second-order valence-electron chi connectivity index (χ2n) is 5.16. The standard InChI is InChI=1S/C12H21NO4/c1-12(2,3)17-11(15)13-6-8-16-10(9-13)5-4-7-14/h7,10H,4-6,8-9H2,1-3H3. The highest BCUT2D eigenvalue weighted by Crippen LogP contribution is 2.14. The molecule has 1 fully saturated rings. The molecule has 1 heterocycles. The van der Waals surface area contributed by atoms with Crippen LogP contribution in [0.3, 0.4) is 0 Å². The summed E-state index contributed by atoms with van der Waals surface area (Å²) in [6.45, 7) is 7.08. The molecule has 5 heteroatoms. The number of rotatable bonds is 3. The van der Waals surface area contributed by atoms with Gasteiger partial charge in [0.1, 0.15) is 11.9 Å². The highest BCUT2D eigenvalue weighted by molar-refractivity contribution is 5.68. The van der Waals surface area contributed by atoms with Crippen molar-refractivity contribution in [1.82, 2.24) is 4.90 Å². The van der Waals surface area contributed by atoms with Gasteiger partial charge in [-0.2, -0.15) is 0 Å². The molecule has 5 nitrogen and oxygen atoms in total. The zero-order valence-electron chi connectivity index (χ0n) is 10.8. The van der Waals surface area contributed by atoms with Crippen molar-refractivity contribution in [3.8, 4) is 0 Å². The molecule has 98 valence electrons. The first kappa shape index (κ1) is 14.0. The first-order valence-electron chi connectivity index (χ1n) is 5.95. The molecule has 1 saturated heterocycles. The summed E-state index contributed by atoms with van der Waals surface area (Å²) in [6, 6.07) is 0. The van der Waals surface area contributed by atoms with Gasteiger partial charge >= 0.3 is 6.09 Å². The number of carbonyl (C=O) groups excluding carboxylic acids is 2. The fourth-order valence-corrected chi connectivity index (χ4v) is 1.64. The molecular weight excluding hydrogens is 222 g/mol. The quantitative estimate of drug-likeness (QED) is 0.706. The van der Waals surface area contributed by atoms with E-state index in [9.17, 15) is 9.59 Å². The Hall–Kier alpha value is -1.10.